The molecular weight excluding hydrogens is 364 g/mol. The van der Waals surface area contributed by atoms with E-state index in [0.29, 0.717) is 5.69 Å². The third-order valence-electron chi connectivity index (χ3n) is 4.28. The zero-order valence-electron chi connectivity index (χ0n) is 15.4. The Bertz CT molecular complexity index is 1070. The molecule has 0 saturated heterocycles. The van der Waals surface area contributed by atoms with Crippen LogP contribution in [0.25, 0.3) is 16.9 Å². The van der Waals surface area contributed by atoms with Crippen molar-refractivity contribution < 1.29 is 13.5 Å². The molecule has 1 aromatic heterocycles. The number of aromatic nitrogens is 2. The Kier molecular flexibility index (Phi) is 5.05. The van der Waals surface area contributed by atoms with Crippen molar-refractivity contribution in [1.29, 1.82) is 0 Å². The number of primary sulfonamides is 1. The molecule has 3 aromatic rings. The van der Waals surface area contributed by atoms with Crippen molar-refractivity contribution in [1.82, 2.24) is 9.78 Å². The molecule has 3 N–H and O–H groups in total. The molecule has 0 atom stereocenters. The lowest BCUT2D eigenvalue weighted by molar-refractivity contribution is 0.278. The van der Waals surface area contributed by atoms with Crippen LogP contribution >= 0.6 is 0 Å². The Morgan fingerprint density at radius 1 is 1.11 bits per heavy atom. The van der Waals surface area contributed by atoms with Crippen LogP contribution in [0, 0.1) is 6.92 Å². The molecule has 3 rings (SSSR count). The van der Waals surface area contributed by atoms with Gasteiger partial charge in [0, 0.05) is 25.3 Å². The van der Waals surface area contributed by atoms with Crippen molar-refractivity contribution in [2.75, 3.05) is 19.0 Å². The number of aliphatic hydroxyl groups is 1. The molecule has 0 aliphatic carbocycles. The fraction of sp³-hybridized carbons (Fsp3) is 0.211. The fourth-order valence-corrected chi connectivity index (χ4v) is 3.68. The van der Waals surface area contributed by atoms with Gasteiger partial charge in [0.25, 0.3) is 0 Å². The summed E-state index contributed by atoms with van der Waals surface area (Å²) in [6.45, 7) is 1.45. The molecule has 8 heteroatoms. The van der Waals surface area contributed by atoms with Gasteiger partial charge in [0.05, 0.1) is 28.6 Å². The molecule has 2 aromatic carbocycles. The zero-order chi connectivity index (χ0) is 19.8. The molecule has 1 heterocycles. The summed E-state index contributed by atoms with van der Waals surface area (Å²) < 4.78 is 25.1. The minimum atomic E-state index is -3.91. The molecular formula is C19H22N4O3S. The van der Waals surface area contributed by atoms with E-state index in [1.165, 1.54) is 6.07 Å². The molecule has 0 aliphatic heterocycles. The summed E-state index contributed by atoms with van der Waals surface area (Å²) in [5.41, 5.74) is 4.62. The van der Waals surface area contributed by atoms with Crippen LogP contribution < -0.4 is 10.0 Å². The van der Waals surface area contributed by atoms with Crippen LogP contribution in [-0.4, -0.2) is 37.4 Å². The number of sulfonamides is 1. The van der Waals surface area contributed by atoms with Crippen molar-refractivity contribution >= 4 is 15.7 Å². The Balaban J connectivity index is 2.11. The second kappa shape index (κ2) is 7.15. The molecule has 0 bridgehead atoms. The van der Waals surface area contributed by atoms with Crippen LogP contribution in [0.5, 0.6) is 0 Å². The SMILES string of the molecule is Cc1cc(-c2ccc(N(C)C)cc2)n(-c2ccc(S(N)(=O)=O)c(CO)c2)n1. The smallest absolute Gasteiger partial charge is 0.238 e. The lowest BCUT2D eigenvalue weighted by Crippen LogP contribution is -2.15. The van der Waals surface area contributed by atoms with E-state index in [2.05, 4.69) is 5.10 Å². The molecule has 0 unspecified atom stereocenters. The Hall–Kier alpha value is -2.68. The fourth-order valence-electron chi connectivity index (χ4n) is 2.93. The molecule has 0 saturated carbocycles. The summed E-state index contributed by atoms with van der Waals surface area (Å²) in [4.78, 5) is 1.93. The van der Waals surface area contributed by atoms with Gasteiger partial charge in [-0.25, -0.2) is 18.2 Å². The highest BCUT2D eigenvalue weighted by Crippen LogP contribution is 2.27. The predicted molar refractivity (Wildman–Crippen MR) is 105 cm³/mol. The average molecular weight is 386 g/mol. The molecule has 0 radical (unpaired) electrons. The summed E-state index contributed by atoms with van der Waals surface area (Å²) in [6, 6.07) is 14.6. The normalized spacial score (nSPS) is 11.6. The van der Waals surface area contributed by atoms with E-state index in [1.54, 1.807) is 16.8 Å². The lowest BCUT2D eigenvalue weighted by atomic mass is 10.1. The van der Waals surface area contributed by atoms with Gasteiger partial charge in [-0.15, -0.1) is 0 Å². The van der Waals surface area contributed by atoms with Gasteiger partial charge >= 0.3 is 0 Å². The first-order valence-corrected chi connectivity index (χ1v) is 9.86. The van der Waals surface area contributed by atoms with E-state index in [9.17, 15) is 13.5 Å². The van der Waals surface area contributed by atoms with Gasteiger partial charge < -0.3 is 10.0 Å². The highest BCUT2D eigenvalue weighted by molar-refractivity contribution is 7.89. The van der Waals surface area contributed by atoms with E-state index in [0.717, 1.165) is 22.6 Å². The molecule has 0 fully saturated rings. The lowest BCUT2D eigenvalue weighted by Gasteiger charge is -2.14. The van der Waals surface area contributed by atoms with Crippen LogP contribution in [0.15, 0.2) is 53.4 Å². The minimum absolute atomic E-state index is 0.0884. The molecule has 0 aliphatic rings. The Morgan fingerprint density at radius 3 is 2.33 bits per heavy atom. The quantitative estimate of drug-likeness (QED) is 0.699. The number of benzene rings is 2. The van der Waals surface area contributed by atoms with Crippen LogP contribution in [0.3, 0.4) is 0 Å². The number of anilines is 1. The zero-order valence-corrected chi connectivity index (χ0v) is 16.2. The van der Waals surface area contributed by atoms with E-state index < -0.39 is 16.6 Å². The van der Waals surface area contributed by atoms with Gasteiger partial charge in [-0.1, -0.05) is 12.1 Å². The summed E-state index contributed by atoms with van der Waals surface area (Å²) in [5.74, 6) is 0. The number of hydrogen-bond acceptors (Lipinski definition) is 5. The number of rotatable bonds is 5. The van der Waals surface area contributed by atoms with Gasteiger partial charge in [0.1, 0.15) is 0 Å². The number of aliphatic hydroxyl groups excluding tert-OH is 1. The van der Waals surface area contributed by atoms with Crippen molar-refractivity contribution in [3.05, 3.63) is 59.8 Å². The third-order valence-corrected chi connectivity index (χ3v) is 5.29. The van der Waals surface area contributed by atoms with Crippen molar-refractivity contribution in [3.8, 4) is 16.9 Å². The highest BCUT2D eigenvalue weighted by Gasteiger charge is 2.16. The van der Waals surface area contributed by atoms with Crippen molar-refractivity contribution in [3.63, 3.8) is 0 Å². The first-order chi connectivity index (χ1) is 12.7. The van der Waals surface area contributed by atoms with E-state index >= 15 is 0 Å². The largest absolute Gasteiger partial charge is 0.392 e. The van der Waals surface area contributed by atoms with Crippen molar-refractivity contribution in [2.45, 2.75) is 18.4 Å². The number of nitrogens with zero attached hydrogens (tertiary/aromatic N) is 3. The van der Waals surface area contributed by atoms with Gasteiger partial charge in [0.2, 0.25) is 10.0 Å². The average Bonchev–Trinajstić information content (AvgIpc) is 3.02. The molecule has 0 spiro atoms. The Labute approximate surface area is 158 Å². The standard InChI is InChI=1S/C19H22N4O3S/c1-13-10-18(14-4-6-16(7-5-14)22(2)3)23(21-13)17-8-9-19(27(20,25)26)15(11-17)12-24/h4-11,24H,12H2,1-3H3,(H2,20,25,26). The Morgan fingerprint density at radius 2 is 1.78 bits per heavy atom. The minimum Gasteiger partial charge on any atom is -0.392 e. The van der Waals surface area contributed by atoms with Gasteiger partial charge in [-0.05, 0) is 48.9 Å². The topological polar surface area (TPSA) is 101 Å². The summed E-state index contributed by atoms with van der Waals surface area (Å²) in [6.07, 6.45) is 0. The first-order valence-electron chi connectivity index (χ1n) is 8.32. The first kappa shape index (κ1) is 19.1. The van der Waals surface area contributed by atoms with E-state index in [-0.39, 0.29) is 10.5 Å². The summed E-state index contributed by atoms with van der Waals surface area (Å²) in [7, 11) is 0.0492. The van der Waals surface area contributed by atoms with Gasteiger partial charge in [-0.3, -0.25) is 0 Å². The van der Waals surface area contributed by atoms with E-state index in [4.69, 9.17) is 5.14 Å². The number of nitrogens with two attached hydrogens (primary N) is 1. The maximum absolute atomic E-state index is 11.7. The van der Waals surface area contributed by atoms with Crippen molar-refractivity contribution in [2.24, 2.45) is 5.14 Å². The van der Waals surface area contributed by atoms with Crippen LogP contribution in [-0.2, 0) is 16.6 Å². The number of hydrogen-bond donors (Lipinski definition) is 2. The highest BCUT2D eigenvalue weighted by atomic mass is 32.2. The van der Waals surface area contributed by atoms with Crippen LogP contribution in [0.1, 0.15) is 11.3 Å². The predicted octanol–water partition coefficient (Wildman–Crippen LogP) is 2.05. The second-order valence-corrected chi connectivity index (χ2v) is 8.05. The third kappa shape index (κ3) is 3.87. The maximum atomic E-state index is 11.7. The van der Waals surface area contributed by atoms with Crippen LogP contribution in [0.2, 0.25) is 0 Å². The molecule has 27 heavy (non-hydrogen) atoms. The molecule has 7 nitrogen and oxygen atoms in total. The van der Waals surface area contributed by atoms with Crippen LogP contribution in [0.4, 0.5) is 5.69 Å². The molecule has 142 valence electrons. The number of aryl methyl sites for hydroxylation is 1. The monoisotopic (exact) mass is 386 g/mol. The maximum Gasteiger partial charge on any atom is 0.238 e. The van der Waals surface area contributed by atoms with Gasteiger partial charge in [-0.2, -0.15) is 5.10 Å². The second-order valence-electron chi connectivity index (χ2n) is 6.52. The summed E-state index contributed by atoms with van der Waals surface area (Å²) in [5, 5.41) is 19.3. The summed E-state index contributed by atoms with van der Waals surface area (Å²) >= 11 is 0. The van der Waals surface area contributed by atoms with E-state index in [1.807, 2.05) is 56.3 Å². The molecule has 0 amide bonds. The van der Waals surface area contributed by atoms with Gasteiger partial charge in [0.15, 0.2) is 0 Å².